The molecule has 1 heterocycles. The minimum Gasteiger partial charge on any atom is -0.399 e. The molecule has 5 nitrogen and oxygen atoms in total. The first-order valence-electron chi connectivity index (χ1n) is 5.92. The maximum Gasteiger partial charge on any atom is 0.265 e. The molecule has 0 unspecified atom stereocenters. The fraction of sp³-hybridized carbons (Fsp3) is 0.333. The maximum absolute atomic E-state index is 12.8. The predicted molar refractivity (Wildman–Crippen MR) is 69.0 cm³/mol. The lowest BCUT2D eigenvalue weighted by Crippen LogP contribution is -2.06. The van der Waals surface area contributed by atoms with Gasteiger partial charge in [0, 0.05) is 29.9 Å². The first-order chi connectivity index (χ1) is 9.16. The Kier molecular flexibility index (Phi) is 4.27. The van der Waals surface area contributed by atoms with E-state index in [-0.39, 0.29) is 5.56 Å². The van der Waals surface area contributed by atoms with E-state index in [4.69, 9.17) is 5.73 Å². The van der Waals surface area contributed by atoms with Crippen molar-refractivity contribution in [1.82, 2.24) is 15.2 Å². The van der Waals surface area contributed by atoms with E-state index in [9.17, 15) is 8.78 Å². The van der Waals surface area contributed by atoms with Crippen LogP contribution in [0.1, 0.15) is 24.2 Å². The van der Waals surface area contributed by atoms with E-state index in [0.717, 1.165) is 12.2 Å². The highest BCUT2D eigenvalue weighted by Gasteiger charge is 2.12. The van der Waals surface area contributed by atoms with Crippen LogP contribution in [0.4, 0.5) is 20.2 Å². The van der Waals surface area contributed by atoms with Gasteiger partial charge in [0.25, 0.3) is 6.43 Å². The van der Waals surface area contributed by atoms with Crippen molar-refractivity contribution in [2.24, 2.45) is 0 Å². The smallest absolute Gasteiger partial charge is 0.265 e. The molecule has 0 radical (unpaired) electrons. The number of nitrogen functional groups attached to an aromatic ring is 1. The number of aromatic amines is 1. The molecule has 1 aromatic heterocycles. The molecule has 4 N–H and O–H groups in total. The van der Waals surface area contributed by atoms with Gasteiger partial charge in [-0.25, -0.2) is 13.8 Å². The van der Waals surface area contributed by atoms with Gasteiger partial charge in [0.15, 0.2) is 0 Å². The van der Waals surface area contributed by atoms with Crippen molar-refractivity contribution in [3.8, 4) is 0 Å². The zero-order chi connectivity index (χ0) is 13.7. The van der Waals surface area contributed by atoms with Crippen LogP contribution < -0.4 is 11.1 Å². The number of aryl methyl sites for hydroxylation is 1. The minimum absolute atomic E-state index is 0.0698. The highest BCUT2D eigenvalue weighted by Crippen LogP contribution is 2.28. The summed E-state index contributed by atoms with van der Waals surface area (Å²) in [6.07, 6.45) is 0.381. The minimum atomic E-state index is -2.54. The Bertz CT molecular complexity index is 513. The molecule has 0 saturated carbocycles. The van der Waals surface area contributed by atoms with Crippen LogP contribution in [0.15, 0.2) is 24.5 Å². The Morgan fingerprint density at radius 3 is 2.89 bits per heavy atom. The van der Waals surface area contributed by atoms with E-state index >= 15 is 0 Å². The van der Waals surface area contributed by atoms with Crippen LogP contribution in [-0.4, -0.2) is 21.7 Å². The number of alkyl halides is 2. The Balaban J connectivity index is 1.88. The molecule has 0 atom stereocenters. The van der Waals surface area contributed by atoms with Crippen LogP contribution in [0.3, 0.4) is 0 Å². The molecule has 0 bridgehead atoms. The summed E-state index contributed by atoms with van der Waals surface area (Å²) in [4.78, 5) is 3.99. The number of nitrogens with one attached hydrogen (secondary N) is 2. The number of H-pyrrole nitrogens is 1. The third-order valence-electron chi connectivity index (χ3n) is 2.68. The van der Waals surface area contributed by atoms with Gasteiger partial charge < -0.3 is 11.1 Å². The summed E-state index contributed by atoms with van der Waals surface area (Å²) in [5, 5.41) is 9.47. The zero-order valence-electron chi connectivity index (χ0n) is 10.2. The van der Waals surface area contributed by atoms with Crippen LogP contribution in [-0.2, 0) is 6.42 Å². The maximum atomic E-state index is 12.8. The Hall–Kier alpha value is -2.18. The van der Waals surface area contributed by atoms with Gasteiger partial charge in [-0.05, 0) is 24.6 Å². The second-order valence-electron chi connectivity index (χ2n) is 4.11. The number of hydrogen-bond acceptors (Lipinski definition) is 4. The van der Waals surface area contributed by atoms with E-state index in [1.165, 1.54) is 12.4 Å². The largest absolute Gasteiger partial charge is 0.399 e. The lowest BCUT2D eigenvalue weighted by molar-refractivity contribution is 0.152. The summed E-state index contributed by atoms with van der Waals surface area (Å²) in [7, 11) is 0. The molecule has 0 aliphatic rings. The van der Waals surface area contributed by atoms with Crippen molar-refractivity contribution in [1.29, 1.82) is 0 Å². The van der Waals surface area contributed by atoms with Crippen molar-refractivity contribution in [2.75, 3.05) is 17.6 Å². The summed E-state index contributed by atoms with van der Waals surface area (Å²) in [6, 6.07) is 4.47. The molecule has 7 heteroatoms. The second kappa shape index (κ2) is 6.12. The van der Waals surface area contributed by atoms with Gasteiger partial charge >= 0.3 is 0 Å². The summed E-state index contributed by atoms with van der Waals surface area (Å²) < 4.78 is 25.6. The Morgan fingerprint density at radius 2 is 2.21 bits per heavy atom. The fourth-order valence-corrected chi connectivity index (χ4v) is 1.75. The van der Waals surface area contributed by atoms with Crippen molar-refractivity contribution < 1.29 is 8.78 Å². The monoisotopic (exact) mass is 267 g/mol. The number of benzene rings is 1. The summed E-state index contributed by atoms with van der Waals surface area (Å²) in [6.45, 7) is 0.574. The molecule has 0 amide bonds. The topological polar surface area (TPSA) is 79.6 Å². The second-order valence-corrected chi connectivity index (χ2v) is 4.11. The average Bonchev–Trinajstić information content (AvgIpc) is 2.89. The molecular weight excluding hydrogens is 252 g/mol. The van der Waals surface area contributed by atoms with Gasteiger partial charge in [0.2, 0.25) is 0 Å². The van der Waals surface area contributed by atoms with E-state index in [0.29, 0.717) is 24.3 Å². The van der Waals surface area contributed by atoms with E-state index in [1.807, 2.05) is 0 Å². The van der Waals surface area contributed by atoms with Gasteiger partial charge in [-0.1, -0.05) is 0 Å². The SMILES string of the molecule is Nc1ccc(NCCCc2ncn[nH]2)c(C(F)F)c1. The van der Waals surface area contributed by atoms with Gasteiger partial charge in [0.1, 0.15) is 12.2 Å². The van der Waals surface area contributed by atoms with Crippen molar-refractivity contribution in [2.45, 2.75) is 19.3 Å². The highest BCUT2D eigenvalue weighted by molar-refractivity contribution is 5.58. The van der Waals surface area contributed by atoms with Crippen LogP contribution in [0.25, 0.3) is 0 Å². The summed E-state index contributed by atoms with van der Waals surface area (Å²) >= 11 is 0. The van der Waals surface area contributed by atoms with Gasteiger partial charge in [-0.2, -0.15) is 5.10 Å². The average molecular weight is 267 g/mol. The molecule has 0 fully saturated rings. The molecular formula is C12H15F2N5. The van der Waals surface area contributed by atoms with E-state index in [2.05, 4.69) is 20.5 Å². The van der Waals surface area contributed by atoms with Crippen LogP contribution >= 0.6 is 0 Å². The lowest BCUT2D eigenvalue weighted by atomic mass is 10.1. The standard InChI is InChI=1S/C12H15F2N5/c13-12(14)9-6-8(15)3-4-10(9)16-5-1-2-11-17-7-18-19-11/h3-4,6-7,12,16H,1-2,5,15H2,(H,17,18,19). The molecule has 0 saturated heterocycles. The third kappa shape index (κ3) is 3.64. The number of rotatable bonds is 6. The van der Waals surface area contributed by atoms with Crippen molar-refractivity contribution in [3.05, 3.63) is 35.9 Å². The van der Waals surface area contributed by atoms with Crippen molar-refractivity contribution in [3.63, 3.8) is 0 Å². The number of nitrogens with two attached hydrogens (primary N) is 1. The molecule has 0 aliphatic carbocycles. The molecule has 2 aromatic rings. The molecule has 1 aromatic carbocycles. The van der Waals surface area contributed by atoms with Gasteiger partial charge in [0.05, 0.1) is 0 Å². The molecule has 102 valence electrons. The normalized spacial score (nSPS) is 10.9. The number of halogens is 2. The number of anilines is 2. The molecule has 0 aliphatic heterocycles. The molecule has 19 heavy (non-hydrogen) atoms. The van der Waals surface area contributed by atoms with Crippen LogP contribution in [0, 0.1) is 0 Å². The summed E-state index contributed by atoms with van der Waals surface area (Å²) in [5.41, 5.74) is 6.19. The zero-order valence-corrected chi connectivity index (χ0v) is 10.2. The Labute approximate surface area is 109 Å². The van der Waals surface area contributed by atoms with Gasteiger partial charge in [-0.15, -0.1) is 0 Å². The Morgan fingerprint density at radius 1 is 1.37 bits per heavy atom. The first kappa shape index (κ1) is 13.3. The van der Waals surface area contributed by atoms with Gasteiger partial charge in [-0.3, -0.25) is 5.10 Å². The fourth-order valence-electron chi connectivity index (χ4n) is 1.75. The quantitative estimate of drug-likeness (QED) is 0.554. The van der Waals surface area contributed by atoms with Crippen LogP contribution in [0.5, 0.6) is 0 Å². The highest BCUT2D eigenvalue weighted by atomic mass is 19.3. The molecule has 2 rings (SSSR count). The van der Waals surface area contributed by atoms with Crippen molar-refractivity contribution >= 4 is 11.4 Å². The summed E-state index contributed by atoms with van der Waals surface area (Å²) in [5.74, 6) is 0.785. The first-order valence-corrected chi connectivity index (χ1v) is 5.92. The predicted octanol–water partition coefficient (Wildman–Crippen LogP) is 2.37. The van der Waals surface area contributed by atoms with E-state index in [1.54, 1.807) is 12.1 Å². The number of nitrogens with zero attached hydrogens (tertiary/aromatic N) is 2. The van der Waals surface area contributed by atoms with E-state index < -0.39 is 6.43 Å². The lowest BCUT2D eigenvalue weighted by Gasteiger charge is -2.12. The number of hydrogen-bond donors (Lipinski definition) is 3. The van der Waals surface area contributed by atoms with Crippen LogP contribution in [0.2, 0.25) is 0 Å². The number of aromatic nitrogens is 3. The molecule has 0 spiro atoms. The third-order valence-corrected chi connectivity index (χ3v) is 2.68.